The molecule has 0 aliphatic rings. The predicted octanol–water partition coefficient (Wildman–Crippen LogP) is 2.46. The molecule has 0 fully saturated rings. The monoisotopic (exact) mass is 300 g/mol. The lowest BCUT2D eigenvalue weighted by molar-refractivity contribution is -0.139. The van der Waals surface area contributed by atoms with Crippen LogP contribution in [0.2, 0.25) is 0 Å². The van der Waals surface area contributed by atoms with Crippen molar-refractivity contribution in [2.75, 3.05) is 17.3 Å². The molecule has 0 heterocycles. The number of carbonyl (C=O) groups is 2. The van der Waals surface area contributed by atoms with Crippen LogP contribution in [-0.2, 0) is 4.79 Å². The van der Waals surface area contributed by atoms with Crippen LogP contribution in [0.4, 0.5) is 14.9 Å². The largest absolute Gasteiger partial charge is 0.480 e. The van der Waals surface area contributed by atoms with Gasteiger partial charge in [-0.05, 0) is 37.0 Å². The van der Waals surface area contributed by atoms with Crippen molar-refractivity contribution in [1.29, 1.82) is 0 Å². The number of thioether (sulfide) groups is 1. The molecule has 1 aromatic carbocycles. The molecular weight excluding hydrogens is 283 g/mol. The van der Waals surface area contributed by atoms with Crippen LogP contribution in [-0.4, -0.2) is 35.2 Å². The lowest BCUT2D eigenvalue weighted by Crippen LogP contribution is -2.43. The number of carboxylic acid groups (broad SMARTS) is 1. The summed E-state index contributed by atoms with van der Waals surface area (Å²) < 4.78 is 13.5. The molecule has 0 saturated heterocycles. The van der Waals surface area contributed by atoms with Gasteiger partial charge in [0, 0.05) is 0 Å². The van der Waals surface area contributed by atoms with Gasteiger partial charge in [0.05, 0.1) is 5.69 Å². The quantitative estimate of drug-likeness (QED) is 0.754. The summed E-state index contributed by atoms with van der Waals surface area (Å²) in [7, 11) is 0. The third-order valence-electron chi connectivity index (χ3n) is 2.67. The minimum atomic E-state index is -1.11. The van der Waals surface area contributed by atoms with Gasteiger partial charge in [-0.25, -0.2) is 14.0 Å². The van der Waals surface area contributed by atoms with Gasteiger partial charge in [-0.15, -0.1) is 0 Å². The van der Waals surface area contributed by atoms with Gasteiger partial charge >= 0.3 is 12.0 Å². The van der Waals surface area contributed by atoms with Gasteiger partial charge in [0.2, 0.25) is 0 Å². The van der Waals surface area contributed by atoms with Crippen LogP contribution in [0.5, 0.6) is 0 Å². The van der Waals surface area contributed by atoms with Crippen LogP contribution in [0.15, 0.2) is 18.2 Å². The van der Waals surface area contributed by atoms with Crippen LogP contribution < -0.4 is 10.6 Å². The molecule has 5 nitrogen and oxygen atoms in total. The Morgan fingerprint density at radius 2 is 2.15 bits per heavy atom. The summed E-state index contributed by atoms with van der Waals surface area (Å²) in [5.41, 5.74) is 0.621. The number of para-hydroxylation sites is 1. The van der Waals surface area contributed by atoms with Crippen molar-refractivity contribution in [3.05, 3.63) is 29.6 Å². The number of nitrogens with one attached hydrogen (secondary N) is 2. The number of anilines is 1. The second-order valence-corrected chi connectivity index (χ2v) is 5.19. The minimum Gasteiger partial charge on any atom is -0.480 e. The first-order valence-corrected chi connectivity index (χ1v) is 7.39. The fourth-order valence-electron chi connectivity index (χ4n) is 1.59. The number of urea groups is 1. The number of aryl methyl sites for hydroxylation is 1. The molecule has 110 valence electrons. The smallest absolute Gasteiger partial charge is 0.326 e. The van der Waals surface area contributed by atoms with E-state index in [0.29, 0.717) is 17.7 Å². The number of carbonyl (C=O) groups excluding carboxylic acids is 1. The normalized spacial score (nSPS) is 11.8. The Labute approximate surface area is 120 Å². The summed E-state index contributed by atoms with van der Waals surface area (Å²) in [4.78, 5) is 22.7. The topological polar surface area (TPSA) is 78.4 Å². The lowest BCUT2D eigenvalue weighted by atomic mass is 10.2. The van der Waals surface area contributed by atoms with Crippen LogP contribution >= 0.6 is 11.8 Å². The van der Waals surface area contributed by atoms with Gasteiger partial charge in [-0.1, -0.05) is 12.1 Å². The number of amides is 2. The van der Waals surface area contributed by atoms with Gasteiger partial charge in [0.15, 0.2) is 0 Å². The number of hydrogen-bond acceptors (Lipinski definition) is 3. The Balaban J connectivity index is 2.68. The van der Waals surface area contributed by atoms with E-state index in [0.717, 1.165) is 0 Å². The molecule has 0 aliphatic carbocycles. The zero-order chi connectivity index (χ0) is 15.1. The highest BCUT2D eigenvalue weighted by molar-refractivity contribution is 7.98. The molecule has 2 amide bonds. The maximum absolute atomic E-state index is 13.5. The van der Waals surface area contributed by atoms with E-state index in [1.165, 1.54) is 23.9 Å². The van der Waals surface area contributed by atoms with Crippen LogP contribution in [0.1, 0.15) is 12.0 Å². The molecule has 1 atom stereocenters. The van der Waals surface area contributed by atoms with E-state index in [2.05, 4.69) is 10.6 Å². The number of aliphatic carboxylic acids is 1. The second kappa shape index (κ2) is 7.74. The highest BCUT2D eigenvalue weighted by Crippen LogP contribution is 2.18. The number of benzene rings is 1. The average Bonchev–Trinajstić information content (AvgIpc) is 2.38. The average molecular weight is 300 g/mol. The second-order valence-electron chi connectivity index (χ2n) is 4.20. The molecule has 0 unspecified atom stereocenters. The summed E-state index contributed by atoms with van der Waals surface area (Å²) in [6.45, 7) is 1.65. The minimum absolute atomic E-state index is 0.0546. The molecule has 7 heteroatoms. The van der Waals surface area contributed by atoms with Gasteiger partial charge in [-0.3, -0.25) is 0 Å². The Morgan fingerprint density at radius 1 is 1.45 bits per heavy atom. The Hall–Kier alpha value is -1.76. The van der Waals surface area contributed by atoms with Crippen molar-refractivity contribution in [1.82, 2.24) is 5.32 Å². The summed E-state index contributed by atoms with van der Waals surface area (Å²) in [6, 6.07) is 2.69. The van der Waals surface area contributed by atoms with Crippen LogP contribution in [0.25, 0.3) is 0 Å². The van der Waals surface area contributed by atoms with E-state index in [1.54, 1.807) is 13.0 Å². The first-order chi connectivity index (χ1) is 9.45. The molecule has 3 N–H and O–H groups in total. The van der Waals surface area contributed by atoms with Crippen molar-refractivity contribution in [3.63, 3.8) is 0 Å². The van der Waals surface area contributed by atoms with Gasteiger partial charge in [0.1, 0.15) is 11.9 Å². The Kier molecular flexibility index (Phi) is 6.30. The predicted molar refractivity (Wildman–Crippen MR) is 77.7 cm³/mol. The zero-order valence-corrected chi connectivity index (χ0v) is 12.1. The fraction of sp³-hybridized carbons (Fsp3) is 0.385. The Morgan fingerprint density at radius 3 is 2.70 bits per heavy atom. The van der Waals surface area contributed by atoms with Gasteiger partial charge in [0.25, 0.3) is 0 Å². The summed E-state index contributed by atoms with van der Waals surface area (Å²) in [6.07, 6.45) is 2.15. The van der Waals surface area contributed by atoms with Crippen molar-refractivity contribution in [3.8, 4) is 0 Å². The number of rotatable bonds is 6. The third kappa shape index (κ3) is 4.73. The van der Waals surface area contributed by atoms with E-state index >= 15 is 0 Å². The molecular formula is C13H17FN2O3S. The van der Waals surface area contributed by atoms with Gasteiger partial charge < -0.3 is 15.7 Å². The van der Waals surface area contributed by atoms with Gasteiger partial charge in [-0.2, -0.15) is 11.8 Å². The molecule has 1 rings (SSSR count). The summed E-state index contributed by atoms with van der Waals surface area (Å²) in [5, 5.41) is 13.7. The zero-order valence-electron chi connectivity index (χ0n) is 11.3. The molecule has 0 spiro atoms. The number of hydrogen-bond donors (Lipinski definition) is 3. The molecule has 0 radical (unpaired) electrons. The maximum atomic E-state index is 13.5. The maximum Gasteiger partial charge on any atom is 0.326 e. The first-order valence-electron chi connectivity index (χ1n) is 6.00. The number of halogens is 1. The highest BCUT2D eigenvalue weighted by Gasteiger charge is 2.20. The van der Waals surface area contributed by atoms with Crippen molar-refractivity contribution in [2.24, 2.45) is 0 Å². The molecule has 0 saturated carbocycles. The first kappa shape index (κ1) is 16.3. The lowest BCUT2D eigenvalue weighted by Gasteiger charge is -2.15. The van der Waals surface area contributed by atoms with E-state index in [9.17, 15) is 14.0 Å². The van der Waals surface area contributed by atoms with E-state index in [1.807, 2.05) is 6.26 Å². The third-order valence-corrected chi connectivity index (χ3v) is 3.32. The molecule has 1 aromatic rings. The van der Waals surface area contributed by atoms with Crippen molar-refractivity contribution in [2.45, 2.75) is 19.4 Å². The molecule has 0 bridgehead atoms. The van der Waals surface area contributed by atoms with E-state index < -0.39 is 23.9 Å². The molecule has 0 aliphatic heterocycles. The van der Waals surface area contributed by atoms with Crippen LogP contribution in [0.3, 0.4) is 0 Å². The highest BCUT2D eigenvalue weighted by atomic mass is 32.2. The van der Waals surface area contributed by atoms with Crippen molar-refractivity contribution >= 4 is 29.4 Å². The summed E-state index contributed by atoms with van der Waals surface area (Å²) >= 11 is 1.49. The van der Waals surface area contributed by atoms with Crippen molar-refractivity contribution < 1.29 is 19.1 Å². The molecule has 20 heavy (non-hydrogen) atoms. The van der Waals surface area contributed by atoms with E-state index in [4.69, 9.17) is 5.11 Å². The van der Waals surface area contributed by atoms with E-state index in [-0.39, 0.29) is 5.69 Å². The summed E-state index contributed by atoms with van der Waals surface area (Å²) in [5.74, 6) is -1.06. The SMILES string of the molecule is CSCC[C@@H](NC(=O)Nc1c(C)cccc1F)C(=O)O. The fourth-order valence-corrected chi connectivity index (χ4v) is 2.06. The van der Waals surface area contributed by atoms with Crippen LogP contribution in [0, 0.1) is 12.7 Å². The standard InChI is InChI=1S/C13H17FN2O3S/c1-8-4-3-5-9(14)11(8)16-13(19)15-10(12(17)18)6-7-20-2/h3-5,10H,6-7H2,1-2H3,(H,17,18)(H2,15,16,19)/t10-/m1/s1. The number of carboxylic acids is 1. The Bertz CT molecular complexity index is 476. The molecule has 0 aromatic heterocycles.